The van der Waals surface area contributed by atoms with Gasteiger partial charge in [0.2, 0.25) is 0 Å². The van der Waals surface area contributed by atoms with Gasteiger partial charge < -0.3 is 10.8 Å². The van der Waals surface area contributed by atoms with Crippen LogP contribution < -0.4 is 5.73 Å². The first kappa shape index (κ1) is 13.5. The number of aliphatic hydroxyl groups excluding tert-OH is 1. The standard InChI is InChI=1S/C17H15FN2O/c1-10-8-14(17(19)20-9-10)16(21)13-6-7-15(18)12-5-3-2-4-11(12)13/h2-9,16,21H,1H3,(H2,19,20). The lowest BCUT2D eigenvalue weighted by atomic mass is 9.95. The van der Waals surface area contributed by atoms with E-state index < -0.39 is 6.10 Å². The molecule has 0 fully saturated rings. The molecule has 21 heavy (non-hydrogen) atoms. The van der Waals surface area contributed by atoms with E-state index >= 15 is 0 Å². The summed E-state index contributed by atoms with van der Waals surface area (Å²) in [5.74, 6) is -0.0293. The van der Waals surface area contributed by atoms with Gasteiger partial charge in [0.05, 0.1) is 0 Å². The van der Waals surface area contributed by atoms with Crippen LogP contribution in [0.2, 0.25) is 0 Å². The molecule has 3 aromatic rings. The molecule has 0 saturated carbocycles. The largest absolute Gasteiger partial charge is 0.383 e. The topological polar surface area (TPSA) is 59.1 Å². The van der Waals surface area contributed by atoms with Crippen LogP contribution in [0.15, 0.2) is 48.7 Å². The molecular formula is C17H15FN2O. The van der Waals surface area contributed by atoms with Gasteiger partial charge in [0, 0.05) is 17.1 Å². The Hall–Kier alpha value is -2.46. The van der Waals surface area contributed by atoms with Gasteiger partial charge in [-0.25, -0.2) is 9.37 Å². The van der Waals surface area contributed by atoms with Crippen molar-refractivity contribution in [2.24, 2.45) is 0 Å². The molecule has 2 aromatic carbocycles. The molecule has 0 radical (unpaired) electrons. The number of nitrogen functional groups attached to an aromatic ring is 1. The van der Waals surface area contributed by atoms with Gasteiger partial charge in [0.1, 0.15) is 17.7 Å². The van der Waals surface area contributed by atoms with Gasteiger partial charge in [-0.1, -0.05) is 30.3 Å². The summed E-state index contributed by atoms with van der Waals surface area (Å²) in [5, 5.41) is 11.8. The van der Waals surface area contributed by atoms with Gasteiger partial charge in [0.15, 0.2) is 0 Å². The molecule has 1 atom stereocenters. The van der Waals surface area contributed by atoms with Crippen LogP contribution in [0.3, 0.4) is 0 Å². The number of nitrogens with two attached hydrogens (primary N) is 1. The first-order valence-corrected chi connectivity index (χ1v) is 6.65. The van der Waals surface area contributed by atoms with Crippen molar-refractivity contribution in [1.29, 1.82) is 0 Å². The number of rotatable bonds is 2. The second-order valence-corrected chi connectivity index (χ2v) is 5.07. The molecule has 0 aliphatic heterocycles. The molecule has 0 aliphatic carbocycles. The maximum Gasteiger partial charge on any atom is 0.131 e. The van der Waals surface area contributed by atoms with Crippen molar-refractivity contribution in [2.75, 3.05) is 5.73 Å². The van der Waals surface area contributed by atoms with E-state index in [0.717, 1.165) is 5.56 Å². The summed E-state index contributed by atoms with van der Waals surface area (Å²) in [6, 6.07) is 11.8. The molecule has 4 heteroatoms. The van der Waals surface area contributed by atoms with E-state index in [1.807, 2.05) is 13.0 Å². The predicted molar refractivity (Wildman–Crippen MR) is 81.4 cm³/mol. The number of aryl methyl sites for hydroxylation is 1. The van der Waals surface area contributed by atoms with E-state index in [1.54, 1.807) is 36.5 Å². The van der Waals surface area contributed by atoms with Crippen molar-refractivity contribution in [2.45, 2.75) is 13.0 Å². The Bertz CT molecular complexity index is 817. The first-order valence-electron chi connectivity index (χ1n) is 6.65. The number of aromatic nitrogens is 1. The minimum Gasteiger partial charge on any atom is -0.383 e. The molecule has 3 nitrogen and oxygen atoms in total. The zero-order valence-electron chi connectivity index (χ0n) is 11.5. The molecule has 3 N–H and O–H groups in total. The summed E-state index contributed by atoms with van der Waals surface area (Å²) in [6.45, 7) is 1.88. The molecule has 0 bridgehead atoms. The van der Waals surface area contributed by atoms with Crippen molar-refractivity contribution < 1.29 is 9.50 Å². The second-order valence-electron chi connectivity index (χ2n) is 5.07. The number of hydrogen-bond donors (Lipinski definition) is 2. The van der Waals surface area contributed by atoms with Crippen LogP contribution in [0.25, 0.3) is 10.8 Å². The Labute approximate surface area is 121 Å². The highest BCUT2D eigenvalue weighted by Gasteiger charge is 2.18. The lowest BCUT2D eigenvalue weighted by Crippen LogP contribution is -2.07. The monoisotopic (exact) mass is 282 g/mol. The highest BCUT2D eigenvalue weighted by molar-refractivity contribution is 5.87. The van der Waals surface area contributed by atoms with E-state index in [1.165, 1.54) is 6.07 Å². The van der Waals surface area contributed by atoms with Crippen molar-refractivity contribution >= 4 is 16.6 Å². The van der Waals surface area contributed by atoms with Gasteiger partial charge in [-0.2, -0.15) is 0 Å². The van der Waals surface area contributed by atoms with Crippen LogP contribution in [0.4, 0.5) is 10.2 Å². The van der Waals surface area contributed by atoms with Crippen molar-refractivity contribution in [3.8, 4) is 0 Å². The number of nitrogens with zero attached hydrogens (tertiary/aromatic N) is 1. The summed E-state index contributed by atoms with van der Waals surface area (Å²) < 4.78 is 13.9. The van der Waals surface area contributed by atoms with Crippen LogP contribution in [0.5, 0.6) is 0 Å². The van der Waals surface area contributed by atoms with Gasteiger partial charge in [-0.05, 0) is 35.6 Å². The minimum atomic E-state index is -0.942. The lowest BCUT2D eigenvalue weighted by molar-refractivity contribution is 0.222. The fourth-order valence-electron chi connectivity index (χ4n) is 2.51. The number of halogens is 1. The molecule has 1 aromatic heterocycles. The van der Waals surface area contributed by atoms with Gasteiger partial charge in [-0.15, -0.1) is 0 Å². The fraction of sp³-hybridized carbons (Fsp3) is 0.118. The van der Waals surface area contributed by atoms with Crippen molar-refractivity contribution in [1.82, 2.24) is 4.98 Å². The summed E-state index contributed by atoms with van der Waals surface area (Å²) in [4.78, 5) is 4.07. The smallest absolute Gasteiger partial charge is 0.131 e. The number of aliphatic hydroxyl groups is 1. The molecular weight excluding hydrogens is 267 g/mol. The SMILES string of the molecule is Cc1cnc(N)c(C(O)c2ccc(F)c3ccccc23)c1. The highest BCUT2D eigenvalue weighted by atomic mass is 19.1. The number of pyridine rings is 1. The number of hydrogen-bond acceptors (Lipinski definition) is 3. The van der Waals surface area contributed by atoms with Crippen molar-refractivity contribution in [3.63, 3.8) is 0 Å². The Morgan fingerprint density at radius 1 is 1.10 bits per heavy atom. The molecule has 106 valence electrons. The average molecular weight is 282 g/mol. The fourth-order valence-corrected chi connectivity index (χ4v) is 2.51. The highest BCUT2D eigenvalue weighted by Crippen LogP contribution is 2.32. The lowest BCUT2D eigenvalue weighted by Gasteiger charge is -2.16. The van der Waals surface area contributed by atoms with Crippen molar-refractivity contribution in [3.05, 3.63) is 71.2 Å². The molecule has 3 rings (SSSR count). The van der Waals surface area contributed by atoms with Crippen LogP contribution in [-0.4, -0.2) is 10.1 Å². The second kappa shape index (κ2) is 5.14. The molecule has 0 aliphatic rings. The molecule has 0 saturated heterocycles. The number of fused-ring (bicyclic) bond motifs is 1. The third-order valence-electron chi connectivity index (χ3n) is 3.58. The normalized spacial score (nSPS) is 12.5. The average Bonchev–Trinajstić information content (AvgIpc) is 2.50. The van der Waals surface area contributed by atoms with E-state index in [0.29, 0.717) is 21.9 Å². The summed E-state index contributed by atoms with van der Waals surface area (Å²) in [6.07, 6.45) is 0.705. The third kappa shape index (κ3) is 2.34. The summed E-state index contributed by atoms with van der Waals surface area (Å²) in [5.41, 5.74) is 7.91. The molecule has 0 spiro atoms. The van der Waals surface area contributed by atoms with Crippen LogP contribution in [-0.2, 0) is 0 Å². The predicted octanol–water partition coefficient (Wildman–Crippen LogP) is 3.35. The number of benzene rings is 2. The Kier molecular flexibility index (Phi) is 3.31. The third-order valence-corrected chi connectivity index (χ3v) is 3.58. The zero-order chi connectivity index (χ0) is 15.0. The van der Waals surface area contributed by atoms with Crippen LogP contribution in [0.1, 0.15) is 22.8 Å². The van der Waals surface area contributed by atoms with Gasteiger partial charge >= 0.3 is 0 Å². The Morgan fingerprint density at radius 3 is 2.57 bits per heavy atom. The van der Waals surface area contributed by atoms with Gasteiger partial charge in [0.25, 0.3) is 0 Å². The summed E-state index contributed by atoms with van der Waals surface area (Å²) in [7, 11) is 0. The molecule has 1 unspecified atom stereocenters. The number of anilines is 1. The van der Waals surface area contributed by atoms with E-state index in [4.69, 9.17) is 5.73 Å². The van der Waals surface area contributed by atoms with Crippen LogP contribution >= 0.6 is 0 Å². The maximum absolute atomic E-state index is 13.9. The first-order chi connectivity index (χ1) is 10.1. The Morgan fingerprint density at radius 2 is 1.81 bits per heavy atom. The van der Waals surface area contributed by atoms with Crippen LogP contribution in [0, 0.1) is 12.7 Å². The zero-order valence-corrected chi connectivity index (χ0v) is 11.5. The quantitative estimate of drug-likeness (QED) is 0.758. The van der Waals surface area contributed by atoms with E-state index in [2.05, 4.69) is 4.98 Å². The maximum atomic E-state index is 13.9. The van der Waals surface area contributed by atoms with E-state index in [9.17, 15) is 9.50 Å². The minimum absolute atomic E-state index is 0.279. The molecule has 0 amide bonds. The van der Waals surface area contributed by atoms with Gasteiger partial charge in [-0.3, -0.25) is 0 Å². The molecule has 1 heterocycles. The summed E-state index contributed by atoms with van der Waals surface area (Å²) >= 11 is 0. The Balaban J connectivity index is 2.20. The van der Waals surface area contributed by atoms with E-state index in [-0.39, 0.29) is 11.6 Å².